The Morgan fingerprint density at radius 1 is 0.909 bits per heavy atom. The van der Waals surface area contributed by atoms with Crippen LogP contribution in [0.15, 0.2) is 18.2 Å². The molecule has 2 saturated heterocycles. The molecule has 2 amide bonds. The van der Waals surface area contributed by atoms with Crippen LogP contribution in [0, 0.1) is 5.41 Å². The number of imide groups is 1. The molecule has 33 heavy (non-hydrogen) atoms. The maximum atomic E-state index is 13.1. The molecule has 182 valence electrons. The van der Waals surface area contributed by atoms with Crippen molar-refractivity contribution in [3.8, 4) is 0 Å². The molecule has 1 aromatic carbocycles. The van der Waals surface area contributed by atoms with Crippen LogP contribution in [-0.2, 0) is 15.8 Å². The minimum Gasteiger partial charge on any atom is -0.398 e. The van der Waals surface area contributed by atoms with Gasteiger partial charge in [-0.25, -0.2) is 0 Å². The number of nitrogens with zero attached hydrogens (tertiary/aromatic N) is 3. The van der Waals surface area contributed by atoms with Gasteiger partial charge in [-0.2, -0.15) is 13.2 Å². The Labute approximate surface area is 192 Å². The molecule has 9 heteroatoms. The molecule has 0 aromatic heterocycles. The number of carbonyl (C=O) groups excluding carboxylic acids is 2. The molecule has 0 bridgehead atoms. The van der Waals surface area contributed by atoms with Gasteiger partial charge in [0.05, 0.1) is 5.56 Å². The lowest BCUT2D eigenvalue weighted by molar-refractivity contribution is -0.153. The number of nitrogen functional groups attached to an aromatic ring is 1. The number of benzene rings is 1. The zero-order valence-electron chi connectivity index (χ0n) is 19.0. The first kappa shape index (κ1) is 23.9. The summed E-state index contributed by atoms with van der Waals surface area (Å²) in [5.74, 6) is -0.0213. The number of hydrogen-bond donors (Lipinski definition) is 1. The minimum atomic E-state index is -4.46. The number of amides is 2. The van der Waals surface area contributed by atoms with Gasteiger partial charge < -0.3 is 10.6 Å². The van der Waals surface area contributed by atoms with Crippen molar-refractivity contribution in [2.45, 2.75) is 57.5 Å². The lowest BCUT2D eigenvalue weighted by Crippen LogP contribution is -2.48. The van der Waals surface area contributed by atoms with Gasteiger partial charge >= 0.3 is 6.18 Å². The van der Waals surface area contributed by atoms with Gasteiger partial charge in [-0.1, -0.05) is 12.8 Å². The highest BCUT2D eigenvalue weighted by Crippen LogP contribution is 2.47. The smallest absolute Gasteiger partial charge is 0.398 e. The van der Waals surface area contributed by atoms with Crippen molar-refractivity contribution in [3.05, 3.63) is 23.8 Å². The Morgan fingerprint density at radius 2 is 1.52 bits per heavy atom. The van der Waals surface area contributed by atoms with Crippen molar-refractivity contribution in [2.24, 2.45) is 5.41 Å². The summed E-state index contributed by atoms with van der Waals surface area (Å²) in [4.78, 5) is 30.8. The van der Waals surface area contributed by atoms with Gasteiger partial charge in [0.15, 0.2) is 0 Å². The summed E-state index contributed by atoms with van der Waals surface area (Å²) in [5.41, 5.74) is 4.94. The number of piperidine rings is 1. The van der Waals surface area contributed by atoms with Gasteiger partial charge in [-0.05, 0) is 55.8 Å². The van der Waals surface area contributed by atoms with Gasteiger partial charge in [0.25, 0.3) is 0 Å². The summed E-state index contributed by atoms with van der Waals surface area (Å²) in [7, 11) is 0. The van der Waals surface area contributed by atoms with Crippen LogP contribution >= 0.6 is 0 Å². The van der Waals surface area contributed by atoms with Crippen molar-refractivity contribution in [1.82, 2.24) is 9.80 Å². The number of nitrogens with two attached hydrogens (primary N) is 1. The summed E-state index contributed by atoms with van der Waals surface area (Å²) >= 11 is 0. The van der Waals surface area contributed by atoms with Crippen LogP contribution in [-0.4, -0.2) is 60.9 Å². The Bertz CT molecular complexity index is 855. The predicted molar refractivity (Wildman–Crippen MR) is 121 cm³/mol. The number of piperazine rings is 1. The van der Waals surface area contributed by atoms with E-state index in [0.29, 0.717) is 38.2 Å². The van der Waals surface area contributed by atoms with E-state index in [2.05, 4.69) is 4.90 Å². The van der Waals surface area contributed by atoms with Crippen LogP contribution in [0.3, 0.4) is 0 Å². The standard InChI is InChI=1S/C24H33F3N4O2/c25-24(26,27)19-15-18(5-6-20(19)28)30-13-11-29(12-14-30)9-3-4-10-31-21(32)16-23(17-22(31)33)7-1-2-8-23/h5-6,15H,1-4,7-14,16-17,28H2. The summed E-state index contributed by atoms with van der Waals surface area (Å²) < 4.78 is 39.4. The SMILES string of the molecule is Nc1ccc(N2CCN(CCCCN3C(=O)CC4(CCCC4)CC3=O)CC2)cc1C(F)(F)F. The van der Waals surface area contributed by atoms with Crippen LogP contribution in [0.4, 0.5) is 24.5 Å². The van der Waals surface area contributed by atoms with Gasteiger partial charge in [-0.15, -0.1) is 0 Å². The number of alkyl halides is 3. The molecule has 1 aromatic rings. The molecule has 0 atom stereocenters. The summed E-state index contributed by atoms with van der Waals surface area (Å²) in [6.07, 6.45) is 2.46. The summed E-state index contributed by atoms with van der Waals surface area (Å²) in [5, 5.41) is 0. The highest BCUT2D eigenvalue weighted by atomic mass is 19.4. The number of carbonyl (C=O) groups is 2. The zero-order valence-corrected chi connectivity index (χ0v) is 19.0. The fraction of sp³-hybridized carbons (Fsp3) is 0.667. The number of hydrogen-bond acceptors (Lipinski definition) is 5. The Hall–Kier alpha value is -2.29. The molecule has 4 rings (SSSR count). The minimum absolute atomic E-state index is 0.0107. The average Bonchev–Trinajstić information content (AvgIpc) is 3.20. The van der Waals surface area contributed by atoms with Crippen LogP contribution in [0.5, 0.6) is 0 Å². The van der Waals surface area contributed by atoms with E-state index >= 15 is 0 Å². The highest BCUT2D eigenvalue weighted by Gasteiger charge is 2.44. The molecule has 3 aliphatic rings. The zero-order chi connectivity index (χ0) is 23.6. The van der Waals surface area contributed by atoms with Crippen molar-refractivity contribution < 1.29 is 22.8 Å². The fourth-order valence-corrected chi connectivity index (χ4v) is 5.58. The van der Waals surface area contributed by atoms with Crippen molar-refractivity contribution in [1.29, 1.82) is 0 Å². The third kappa shape index (κ3) is 5.45. The van der Waals surface area contributed by atoms with Crippen LogP contribution in [0.25, 0.3) is 0 Å². The maximum absolute atomic E-state index is 13.1. The second kappa shape index (κ2) is 9.52. The average molecular weight is 467 g/mol. The molecule has 0 radical (unpaired) electrons. The number of unbranched alkanes of at least 4 members (excludes halogenated alkanes) is 1. The molecular weight excluding hydrogens is 433 g/mol. The number of likely N-dealkylation sites (tertiary alicyclic amines) is 1. The fourth-order valence-electron chi connectivity index (χ4n) is 5.58. The number of anilines is 2. The molecule has 3 fully saturated rings. The third-order valence-corrected chi connectivity index (χ3v) is 7.50. The predicted octanol–water partition coefficient (Wildman–Crippen LogP) is 3.90. The van der Waals surface area contributed by atoms with Crippen LogP contribution < -0.4 is 10.6 Å². The first-order chi connectivity index (χ1) is 15.7. The molecule has 1 aliphatic carbocycles. The Morgan fingerprint density at radius 3 is 2.12 bits per heavy atom. The molecular formula is C24H33F3N4O2. The van der Waals surface area contributed by atoms with Crippen molar-refractivity contribution in [3.63, 3.8) is 0 Å². The second-order valence-corrected chi connectivity index (χ2v) is 9.80. The molecule has 6 nitrogen and oxygen atoms in total. The first-order valence-corrected chi connectivity index (χ1v) is 11.9. The topological polar surface area (TPSA) is 69.9 Å². The van der Waals surface area contributed by atoms with E-state index in [4.69, 9.17) is 5.73 Å². The van der Waals surface area contributed by atoms with Crippen molar-refractivity contribution in [2.75, 3.05) is 49.9 Å². The highest BCUT2D eigenvalue weighted by molar-refractivity contribution is 5.98. The van der Waals surface area contributed by atoms with Gasteiger partial charge in [0.2, 0.25) is 11.8 Å². The second-order valence-electron chi connectivity index (χ2n) is 9.80. The summed E-state index contributed by atoms with van der Waals surface area (Å²) in [6.45, 7) is 4.15. The molecule has 2 aliphatic heterocycles. The van der Waals surface area contributed by atoms with E-state index in [1.807, 2.05) is 4.90 Å². The quantitative estimate of drug-likeness (QED) is 0.391. The van der Waals surface area contributed by atoms with Crippen LogP contribution in [0.1, 0.15) is 56.9 Å². The lowest BCUT2D eigenvalue weighted by atomic mass is 9.76. The molecule has 0 unspecified atom stereocenters. The molecule has 1 spiro atoms. The first-order valence-electron chi connectivity index (χ1n) is 11.9. The van der Waals surface area contributed by atoms with Crippen LogP contribution in [0.2, 0.25) is 0 Å². The third-order valence-electron chi connectivity index (χ3n) is 7.50. The van der Waals surface area contributed by atoms with E-state index in [1.54, 1.807) is 6.07 Å². The van der Waals surface area contributed by atoms with Gasteiger partial charge in [0.1, 0.15) is 0 Å². The van der Waals surface area contributed by atoms with Gasteiger partial charge in [-0.3, -0.25) is 19.4 Å². The Kier molecular flexibility index (Phi) is 6.88. The number of halogens is 3. The lowest BCUT2D eigenvalue weighted by Gasteiger charge is -2.38. The van der Waals surface area contributed by atoms with E-state index in [-0.39, 0.29) is 22.9 Å². The molecule has 1 saturated carbocycles. The van der Waals surface area contributed by atoms with E-state index < -0.39 is 11.7 Å². The molecule has 2 heterocycles. The monoisotopic (exact) mass is 466 g/mol. The van der Waals surface area contributed by atoms with Gasteiger partial charge in [0, 0.05) is 56.9 Å². The van der Waals surface area contributed by atoms with E-state index in [0.717, 1.165) is 64.2 Å². The Balaban J connectivity index is 1.19. The van der Waals surface area contributed by atoms with Crippen molar-refractivity contribution >= 4 is 23.2 Å². The maximum Gasteiger partial charge on any atom is 0.418 e. The summed E-state index contributed by atoms with van der Waals surface area (Å²) in [6, 6.07) is 4.10. The molecule has 2 N–H and O–H groups in total. The number of rotatable bonds is 6. The van der Waals surface area contributed by atoms with E-state index in [1.165, 1.54) is 11.0 Å². The largest absolute Gasteiger partial charge is 0.418 e. The van der Waals surface area contributed by atoms with E-state index in [9.17, 15) is 22.8 Å². The normalized spacial score (nSPS) is 21.9.